The Morgan fingerprint density at radius 3 is 3.12 bits per heavy atom. The maximum absolute atomic E-state index is 11.6. The van der Waals surface area contributed by atoms with E-state index >= 15 is 0 Å². The van der Waals surface area contributed by atoms with Crippen molar-refractivity contribution in [2.45, 2.75) is 26.2 Å². The lowest BCUT2D eigenvalue weighted by atomic mass is 10.2. The van der Waals surface area contributed by atoms with E-state index in [4.69, 9.17) is 0 Å². The molecule has 8 heteroatoms. The number of nitrogens with zero attached hydrogens (tertiary/aromatic N) is 4. The van der Waals surface area contributed by atoms with Crippen molar-refractivity contribution >= 4 is 29.2 Å². The van der Waals surface area contributed by atoms with Crippen LogP contribution in [0.5, 0.6) is 0 Å². The van der Waals surface area contributed by atoms with Gasteiger partial charge in [0.2, 0.25) is 11.9 Å². The van der Waals surface area contributed by atoms with Gasteiger partial charge in [-0.05, 0) is 31.2 Å². The van der Waals surface area contributed by atoms with Crippen molar-refractivity contribution in [3.8, 4) is 6.07 Å². The van der Waals surface area contributed by atoms with Crippen molar-refractivity contribution in [2.24, 2.45) is 0 Å². The first-order valence-electron chi connectivity index (χ1n) is 8.27. The van der Waals surface area contributed by atoms with Crippen LogP contribution in [0.25, 0.3) is 5.57 Å². The molecule has 2 aliphatic heterocycles. The number of hydrogen-bond donors (Lipinski definition) is 2. The zero-order chi connectivity index (χ0) is 17.6. The minimum absolute atomic E-state index is 0.244. The third-order valence-corrected chi connectivity index (χ3v) is 4.99. The fourth-order valence-electron chi connectivity index (χ4n) is 2.72. The third kappa shape index (κ3) is 4.31. The van der Waals surface area contributed by atoms with Gasteiger partial charge < -0.3 is 15.5 Å². The van der Waals surface area contributed by atoms with E-state index in [0.717, 1.165) is 36.7 Å². The van der Waals surface area contributed by atoms with Gasteiger partial charge in [-0.15, -0.1) is 0 Å². The molecule has 1 aromatic heterocycles. The minimum Gasteiger partial charge on any atom is -0.354 e. The number of carbonyl (C=O) groups is 1. The van der Waals surface area contributed by atoms with Gasteiger partial charge in [-0.2, -0.15) is 5.26 Å². The number of hydrogen-bond acceptors (Lipinski definition) is 7. The van der Waals surface area contributed by atoms with Crippen LogP contribution >= 0.6 is 11.8 Å². The Morgan fingerprint density at radius 1 is 1.56 bits per heavy atom. The molecule has 0 aliphatic carbocycles. The van der Waals surface area contributed by atoms with Crippen LogP contribution in [0.3, 0.4) is 0 Å². The van der Waals surface area contributed by atoms with Crippen molar-refractivity contribution < 1.29 is 4.79 Å². The Labute approximate surface area is 151 Å². The highest BCUT2D eigenvalue weighted by Gasteiger charge is 2.19. The molecule has 0 aromatic carbocycles. The molecule has 130 valence electrons. The van der Waals surface area contributed by atoms with Crippen molar-refractivity contribution in [3.63, 3.8) is 0 Å². The second-order valence-corrected chi connectivity index (χ2v) is 6.77. The van der Waals surface area contributed by atoms with Crippen LogP contribution in [0.15, 0.2) is 28.4 Å². The first-order valence-corrected chi connectivity index (χ1v) is 9.15. The molecule has 25 heavy (non-hydrogen) atoms. The minimum atomic E-state index is 0.244. The molecular formula is C17H20N6OS. The van der Waals surface area contributed by atoms with Gasteiger partial charge in [0.1, 0.15) is 11.6 Å². The molecule has 0 atom stereocenters. The quantitative estimate of drug-likeness (QED) is 0.596. The second-order valence-electron chi connectivity index (χ2n) is 5.89. The van der Waals surface area contributed by atoms with Gasteiger partial charge in [0.05, 0.1) is 10.7 Å². The van der Waals surface area contributed by atoms with Crippen LogP contribution < -0.4 is 10.6 Å². The van der Waals surface area contributed by atoms with Gasteiger partial charge in [-0.25, -0.2) is 9.97 Å². The number of carbonyl (C=O) groups excluding carboxylic acids is 1. The van der Waals surface area contributed by atoms with E-state index in [2.05, 4.69) is 26.7 Å². The average Bonchev–Trinajstić information content (AvgIpc) is 3.21. The predicted octanol–water partition coefficient (Wildman–Crippen LogP) is 2.29. The van der Waals surface area contributed by atoms with Crippen LogP contribution in [0.1, 0.15) is 31.9 Å². The molecule has 3 rings (SSSR count). The molecule has 0 radical (unpaired) electrons. The SMILES string of the molecule is CC1=CSC(=C(C#N)c2ccnc(NCCCN3CCCC3=O)n2)N1. The number of allylic oxidation sites excluding steroid dienone is 2. The van der Waals surface area contributed by atoms with E-state index in [1.165, 1.54) is 11.8 Å². The van der Waals surface area contributed by atoms with Gasteiger partial charge in [0, 0.05) is 37.9 Å². The zero-order valence-corrected chi connectivity index (χ0v) is 14.9. The van der Waals surface area contributed by atoms with Gasteiger partial charge >= 0.3 is 0 Å². The zero-order valence-electron chi connectivity index (χ0n) is 14.1. The van der Waals surface area contributed by atoms with Gasteiger partial charge in [0.25, 0.3) is 0 Å². The highest BCUT2D eigenvalue weighted by atomic mass is 32.2. The predicted molar refractivity (Wildman–Crippen MR) is 98.0 cm³/mol. The van der Waals surface area contributed by atoms with E-state index in [-0.39, 0.29) is 5.91 Å². The van der Waals surface area contributed by atoms with Crippen molar-refractivity contribution in [2.75, 3.05) is 25.0 Å². The summed E-state index contributed by atoms with van der Waals surface area (Å²) in [6.45, 7) is 4.25. The number of likely N-dealkylation sites (tertiary alicyclic amines) is 1. The molecule has 1 saturated heterocycles. The number of rotatable bonds is 6. The largest absolute Gasteiger partial charge is 0.354 e. The first kappa shape index (κ1) is 17.3. The second kappa shape index (κ2) is 8.03. The molecule has 7 nitrogen and oxygen atoms in total. The normalized spacial score (nSPS) is 18.6. The van der Waals surface area contributed by atoms with E-state index in [9.17, 15) is 10.1 Å². The summed E-state index contributed by atoms with van der Waals surface area (Å²) in [6.07, 6.45) is 4.12. The van der Waals surface area contributed by atoms with Crippen LogP contribution in [0.4, 0.5) is 5.95 Å². The fourth-order valence-corrected chi connectivity index (χ4v) is 3.57. The fraction of sp³-hybridized carbons (Fsp3) is 0.412. The molecule has 1 aromatic rings. The maximum Gasteiger partial charge on any atom is 0.223 e. The van der Waals surface area contributed by atoms with Gasteiger partial charge in [-0.1, -0.05) is 11.8 Å². The molecule has 2 aliphatic rings. The van der Waals surface area contributed by atoms with Gasteiger partial charge in [-0.3, -0.25) is 4.79 Å². The summed E-state index contributed by atoms with van der Waals surface area (Å²) in [5, 5.41) is 18.6. The highest BCUT2D eigenvalue weighted by molar-refractivity contribution is 8.06. The summed E-state index contributed by atoms with van der Waals surface area (Å²) in [6, 6.07) is 3.95. The smallest absolute Gasteiger partial charge is 0.223 e. The number of nitriles is 1. The monoisotopic (exact) mass is 356 g/mol. The summed E-state index contributed by atoms with van der Waals surface area (Å²) < 4.78 is 0. The van der Waals surface area contributed by atoms with Gasteiger partial charge in [0.15, 0.2) is 0 Å². The van der Waals surface area contributed by atoms with E-state index < -0.39 is 0 Å². The maximum atomic E-state index is 11.6. The molecule has 2 N–H and O–H groups in total. The van der Waals surface area contributed by atoms with E-state index in [0.29, 0.717) is 30.2 Å². The standard InChI is InChI=1S/C17H20N6OS/c1-12-11-25-16(21-12)13(10-18)14-5-7-20-17(22-14)19-6-3-9-23-8-2-4-15(23)24/h5,7,11,21H,2-4,6,8-9H2,1H3,(H,19,20,22). The van der Waals surface area contributed by atoms with Crippen LogP contribution in [0.2, 0.25) is 0 Å². The lowest BCUT2D eigenvalue weighted by Crippen LogP contribution is -2.27. The Hall–Kier alpha value is -2.53. The molecule has 1 amide bonds. The lowest BCUT2D eigenvalue weighted by molar-refractivity contribution is -0.127. The van der Waals surface area contributed by atoms with Crippen molar-refractivity contribution in [1.29, 1.82) is 5.26 Å². The van der Waals surface area contributed by atoms with E-state index in [1.54, 1.807) is 12.3 Å². The number of anilines is 1. The number of aromatic nitrogens is 2. The third-order valence-electron chi connectivity index (χ3n) is 3.97. The molecule has 0 saturated carbocycles. The van der Waals surface area contributed by atoms with Crippen LogP contribution in [-0.2, 0) is 4.79 Å². The lowest BCUT2D eigenvalue weighted by Gasteiger charge is -2.15. The molecular weight excluding hydrogens is 336 g/mol. The Bertz CT molecular complexity index is 767. The first-order chi connectivity index (χ1) is 12.2. The summed E-state index contributed by atoms with van der Waals surface area (Å²) >= 11 is 1.49. The average molecular weight is 356 g/mol. The summed E-state index contributed by atoms with van der Waals surface area (Å²) in [5.74, 6) is 0.736. The number of thioether (sulfide) groups is 1. The van der Waals surface area contributed by atoms with E-state index in [1.807, 2.05) is 17.2 Å². The Morgan fingerprint density at radius 2 is 2.44 bits per heavy atom. The van der Waals surface area contributed by atoms with Crippen molar-refractivity contribution in [1.82, 2.24) is 20.2 Å². The van der Waals surface area contributed by atoms with Crippen LogP contribution in [-0.4, -0.2) is 40.4 Å². The molecule has 0 bridgehead atoms. The number of amides is 1. The molecule has 0 spiro atoms. The molecule has 3 heterocycles. The van der Waals surface area contributed by atoms with Crippen molar-refractivity contribution in [3.05, 3.63) is 34.1 Å². The highest BCUT2D eigenvalue weighted by Crippen LogP contribution is 2.30. The van der Waals surface area contributed by atoms with Crippen LogP contribution in [0, 0.1) is 11.3 Å². The molecule has 0 unspecified atom stereocenters. The Kier molecular flexibility index (Phi) is 5.56. The Balaban J connectivity index is 1.58. The summed E-state index contributed by atoms with van der Waals surface area (Å²) in [7, 11) is 0. The summed E-state index contributed by atoms with van der Waals surface area (Å²) in [5.41, 5.74) is 2.11. The molecule has 1 fully saturated rings. The topological polar surface area (TPSA) is 93.9 Å². The number of nitrogens with one attached hydrogen (secondary N) is 2. The summed E-state index contributed by atoms with van der Waals surface area (Å²) in [4.78, 5) is 22.1.